The van der Waals surface area contributed by atoms with Gasteiger partial charge >= 0.3 is 0 Å². The van der Waals surface area contributed by atoms with Gasteiger partial charge < -0.3 is 10.2 Å². The highest BCUT2D eigenvalue weighted by atomic mass is 32.2. The van der Waals surface area contributed by atoms with Crippen molar-refractivity contribution in [3.8, 4) is 0 Å². The minimum Gasteiger partial charge on any atom is -0.354 e. The molecule has 6 heteroatoms. The predicted molar refractivity (Wildman–Crippen MR) is 112 cm³/mol. The van der Waals surface area contributed by atoms with Crippen molar-refractivity contribution in [2.24, 2.45) is 0 Å². The Morgan fingerprint density at radius 3 is 2.39 bits per heavy atom. The molecule has 0 saturated heterocycles. The molecular formula is C22H27FN2O2S. The van der Waals surface area contributed by atoms with Crippen LogP contribution in [0.3, 0.4) is 0 Å². The van der Waals surface area contributed by atoms with E-state index in [0.717, 1.165) is 17.5 Å². The summed E-state index contributed by atoms with van der Waals surface area (Å²) >= 11 is 1.46. The van der Waals surface area contributed by atoms with Crippen LogP contribution in [-0.2, 0) is 21.9 Å². The van der Waals surface area contributed by atoms with Gasteiger partial charge in [0.15, 0.2) is 0 Å². The van der Waals surface area contributed by atoms with Crippen LogP contribution in [0.2, 0.25) is 0 Å². The molecule has 0 spiro atoms. The quantitative estimate of drug-likeness (QED) is 0.653. The van der Waals surface area contributed by atoms with Crippen molar-refractivity contribution in [2.45, 2.75) is 38.6 Å². The van der Waals surface area contributed by atoms with Crippen LogP contribution in [0.5, 0.6) is 0 Å². The second-order valence-electron chi connectivity index (χ2n) is 6.59. The molecule has 2 amide bonds. The van der Waals surface area contributed by atoms with Gasteiger partial charge in [-0.25, -0.2) is 4.39 Å². The Balaban J connectivity index is 2.00. The number of nitrogens with one attached hydrogen (secondary N) is 1. The summed E-state index contributed by atoms with van der Waals surface area (Å²) in [5.41, 5.74) is 1.94. The first-order chi connectivity index (χ1) is 13.5. The van der Waals surface area contributed by atoms with Gasteiger partial charge in [0.25, 0.3) is 0 Å². The first kappa shape index (κ1) is 22.0. The fourth-order valence-corrected chi connectivity index (χ4v) is 3.55. The molecule has 0 aliphatic rings. The number of nitrogens with zero attached hydrogens (tertiary/aromatic N) is 1. The first-order valence-corrected chi connectivity index (χ1v) is 10.6. The Morgan fingerprint density at radius 1 is 1.07 bits per heavy atom. The highest BCUT2D eigenvalue weighted by molar-refractivity contribution is 7.99. The number of carbonyl (C=O) groups excluding carboxylic acids is 2. The molecule has 0 heterocycles. The number of hydrogen-bond donors (Lipinski definition) is 1. The van der Waals surface area contributed by atoms with E-state index in [9.17, 15) is 14.0 Å². The van der Waals surface area contributed by atoms with Crippen molar-refractivity contribution < 1.29 is 14.0 Å². The van der Waals surface area contributed by atoms with E-state index in [1.807, 2.05) is 37.3 Å². The van der Waals surface area contributed by atoms with E-state index in [-0.39, 0.29) is 23.4 Å². The molecule has 2 rings (SSSR count). The number of amides is 2. The summed E-state index contributed by atoms with van der Waals surface area (Å²) in [4.78, 5) is 26.9. The SMILES string of the molecule is CCCNC(=O)C(C)N(Cc1ccccc1)C(=O)CSCc1ccc(F)cc1. The molecule has 2 aromatic carbocycles. The van der Waals surface area contributed by atoms with Crippen molar-refractivity contribution in [3.05, 3.63) is 71.5 Å². The van der Waals surface area contributed by atoms with Crippen molar-refractivity contribution >= 4 is 23.6 Å². The van der Waals surface area contributed by atoms with Gasteiger partial charge in [0.05, 0.1) is 5.75 Å². The Hall–Kier alpha value is -2.34. The molecule has 1 unspecified atom stereocenters. The van der Waals surface area contributed by atoms with Crippen LogP contribution in [0.15, 0.2) is 54.6 Å². The molecule has 4 nitrogen and oxygen atoms in total. The summed E-state index contributed by atoms with van der Waals surface area (Å²) in [6.07, 6.45) is 0.846. The van der Waals surface area contributed by atoms with E-state index < -0.39 is 6.04 Å². The monoisotopic (exact) mass is 402 g/mol. The summed E-state index contributed by atoms with van der Waals surface area (Å²) < 4.78 is 13.0. The standard InChI is InChI=1S/C22H27FN2O2S/c1-3-13-24-22(27)17(2)25(14-18-7-5-4-6-8-18)21(26)16-28-15-19-9-11-20(23)12-10-19/h4-12,17H,3,13-16H2,1-2H3,(H,24,27). The molecule has 0 saturated carbocycles. The molecule has 0 aliphatic carbocycles. The zero-order valence-electron chi connectivity index (χ0n) is 16.4. The summed E-state index contributed by atoms with van der Waals surface area (Å²) in [5, 5.41) is 2.87. The molecule has 1 atom stereocenters. The lowest BCUT2D eigenvalue weighted by atomic mass is 10.1. The van der Waals surface area contributed by atoms with Crippen LogP contribution < -0.4 is 5.32 Å². The summed E-state index contributed by atoms with van der Waals surface area (Å²) in [6.45, 7) is 4.73. The molecule has 150 valence electrons. The molecule has 0 aromatic heterocycles. The van der Waals surface area contributed by atoms with E-state index >= 15 is 0 Å². The van der Waals surface area contributed by atoms with Crippen LogP contribution >= 0.6 is 11.8 Å². The van der Waals surface area contributed by atoms with Crippen molar-refractivity contribution in [1.82, 2.24) is 10.2 Å². The average Bonchev–Trinajstić information content (AvgIpc) is 2.71. The summed E-state index contributed by atoms with van der Waals surface area (Å²) in [6, 6.07) is 15.4. The van der Waals surface area contributed by atoms with Crippen molar-refractivity contribution in [1.29, 1.82) is 0 Å². The third kappa shape index (κ3) is 7.00. The molecular weight excluding hydrogens is 375 g/mol. The maximum Gasteiger partial charge on any atom is 0.242 e. The fraction of sp³-hybridized carbons (Fsp3) is 0.364. The molecule has 28 heavy (non-hydrogen) atoms. The van der Waals surface area contributed by atoms with E-state index in [4.69, 9.17) is 0 Å². The van der Waals surface area contributed by atoms with Gasteiger partial charge in [-0.1, -0.05) is 49.4 Å². The summed E-state index contributed by atoms with van der Waals surface area (Å²) in [5.74, 6) is 0.368. The zero-order chi connectivity index (χ0) is 20.4. The lowest BCUT2D eigenvalue weighted by Crippen LogP contribution is -2.48. The minimum absolute atomic E-state index is 0.0879. The highest BCUT2D eigenvalue weighted by Crippen LogP contribution is 2.16. The van der Waals surface area contributed by atoms with E-state index in [0.29, 0.717) is 18.8 Å². The number of thioether (sulfide) groups is 1. The van der Waals surface area contributed by atoms with Crippen molar-refractivity contribution in [3.63, 3.8) is 0 Å². The topological polar surface area (TPSA) is 49.4 Å². The van der Waals surface area contributed by atoms with Crippen LogP contribution in [0, 0.1) is 5.82 Å². The minimum atomic E-state index is -0.550. The van der Waals surface area contributed by atoms with E-state index in [1.54, 1.807) is 24.0 Å². The van der Waals surface area contributed by atoms with Crippen LogP contribution in [0.1, 0.15) is 31.4 Å². The lowest BCUT2D eigenvalue weighted by Gasteiger charge is -2.28. The smallest absolute Gasteiger partial charge is 0.242 e. The highest BCUT2D eigenvalue weighted by Gasteiger charge is 2.25. The predicted octanol–water partition coefficient (Wildman–Crippen LogP) is 4.00. The largest absolute Gasteiger partial charge is 0.354 e. The fourth-order valence-electron chi connectivity index (χ4n) is 2.68. The number of benzene rings is 2. The molecule has 0 bridgehead atoms. The summed E-state index contributed by atoms with van der Waals surface area (Å²) in [7, 11) is 0. The van der Waals surface area contributed by atoms with Crippen molar-refractivity contribution in [2.75, 3.05) is 12.3 Å². The van der Waals surface area contributed by atoms with Gasteiger partial charge in [0.1, 0.15) is 11.9 Å². The van der Waals surface area contributed by atoms with Gasteiger partial charge in [0, 0.05) is 18.8 Å². The molecule has 0 radical (unpaired) electrons. The number of carbonyl (C=O) groups is 2. The molecule has 1 N–H and O–H groups in total. The van der Waals surface area contributed by atoms with Gasteiger partial charge in [-0.05, 0) is 36.6 Å². The second-order valence-corrected chi connectivity index (χ2v) is 7.58. The first-order valence-electron chi connectivity index (χ1n) is 9.44. The Kier molecular flexibility index (Phi) is 9.01. The lowest BCUT2D eigenvalue weighted by molar-refractivity contribution is -0.138. The number of hydrogen-bond acceptors (Lipinski definition) is 3. The molecule has 0 aliphatic heterocycles. The van der Waals surface area contributed by atoms with Gasteiger partial charge in [-0.15, -0.1) is 11.8 Å². The maximum absolute atomic E-state index is 13.0. The average molecular weight is 403 g/mol. The van der Waals surface area contributed by atoms with E-state index in [2.05, 4.69) is 5.32 Å². The second kappa shape index (κ2) is 11.5. The third-order valence-corrected chi connectivity index (χ3v) is 5.31. The number of rotatable bonds is 10. The Morgan fingerprint density at radius 2 is 1.75 bits per heavy atom. The Labute approximate surface area is 170 Å². The molecule has 2 aromatic rings. The Bertz CT molecular complexity index is 753. The normalized spacial score (nSPS) is 11.7. The maximum atomic E-state index is 13.0. The van der Waals surface area contributed by atoms with E-state index in [1.165, 1.54) is 23.9 Å². The number of halogens is 1. The zero-order valence-corrected chi connectivity index (χ0v) is 17.2. The van der Waals surface area contributed by atoms with Gasteiger partial charge in [0.2, 0.25) is 11.8 Å². The van der Waals surface area contributed by atoms with Crippen LogP contribution in [-0.4, -0.2) is 35.1 Å². The molecule has 0 fully saturated rings. The third-order valence-electron chi connectivity index (χ3n) is 4.32. The van der Waals surface area contributed by atoms with Gasteiger partial charge in [-0.3, -0.25) is 9.59 Å². The van der Waals surface area contributed by atoms with Gasteiger partial charge in [-0.2, -0.15) is 0 Å². The van der Waals surface area contributed by atoms with Crippen LogP contribution in [0.25, 0.3) is 0 Å². The van der Waals surface area contributed by atoms with Crippen LogP contribution in [0.4, 0.5) is 4.39 Å².